The van der Waals surface area contributed by atoms with Crippen molar-refractivity contribution < 1.29 is 14.3 Å². The summed E-state index contributed by atoms with van der Waals surface area (Å²) < 4.78 is 5.43. The van der Waals surface area contributed by atoms with Gasteiger partial charge < -0.3 is 25.2 Å². The van der Waals surface area contributed by atoms with Crippen LogP contribution in [-0.2, 0) is 11.3 Å². The van der Waals surface area contributed by atoms with Crippen LogP contribution in [0.5, 0.6) is 5.88 Å². The molecule has 154 valence electrons. The highest BCUT2D eigenvalue weighted by molar-refractivity contribution is 5.89. The molecule has 1 aliphatic rings. The van der Waals surface area contributed by atoms with Gasteiger partial charge in [-0.15, -0.1) is 0 Å². The van der Waals surface area contributed by atoms with Gasteiger partial charge in [-0.25, -0.2) is 9.78 Å². The highest BCUT2D eigenvalue weighted by Crippen LogP contribution is 2.16. The molecular formula is C20H26N6O3. The number of carbonyl (C=O) groups is 2. The maximum absolute atomic E-state index is 12.5. The number of nitrogens with one attached hydrogen (secondary N) is 2. The number of ether oxygens (including phenoxy) is 1. The number of rotatable bonds is 6. The molecule has 1 aromatic carbocycles. The van der Waals surface area contributed by atoms with Gasteiger partial charge in [0.1, 0.15) is 0 Å². The number of benzene rings is 1. The molecule has 2 aromatic rings. The fourth-order valence-corrected chi connectivity index (χ4v) is 2.96. The predicted octanol–water partition coefficient (Wildman–Crippen LogP) is 1.87. The van der Waals surface area contributed by atoms with Gasteiger partial charge in [0, 0.05) is 57.6 Å². The number of anilines is 2. The van der Waals surface area contributed by atoms with Crippen molar-refractivity contribution in [3.63, 3.8) is 0 Å². The summed E-state index contributed by atoms with van der Waals surface area (Å²) in [6.07, 6.45) is 1.68. The van der Waals surface area contributed by atoms with Crippen LogP contribution in [0.2, 0.25) is 0 Å². The third-order valence-corrected chi connectivity index (χ3v) is 4.51. The molecule has 1 fully saturated rings. The van der Waals surface area contributed by atoms with Crippen LogP contribution in [0.4, 0.5) is 16.4 Å². The van der Waals surface area contributed by atoms with Crippen LogP contribution in [0, 0.1) is 0 Å². The first-order valence-electron chi connectivity index (χ1n) is 9.65. The lowest BCUT2D eigenvalue weighted by Crippen LogP contribution is -2.50. The molecule has 1 saturated heterocycles. The van der Waals surface area contributed by atoms with Crippen LogP contribution in [-0.4, -0.2) is 59.6 Å². The van der Waals surface area contributed by atoms with Crippen LogP contribution in [0.25, 0.3) is 0 Å². The van der Waals surface area contributed by atoms with Crippen molar-refractivity contribution in [2.75, 3.05) is 43.0 Å². The second-order valence-corrected chi connectivity index (χ2v) is 6.64. The lowest BCUT2D eigenvalue weighted by atomic mass is 10.2. The van der Waals surface area contributed by atoms with Gasteiger partial charge in [-0.1, -0.05) is 12.1 Å². The predicted molar refractivity (Wildman–Crippen MR) is 110 cm³/mol. The summed E-state index contributed by atoms with van der Waals surface area (Å²) in [6, 6.07) is 9.02. The first-order chi connectivity index (χ1) is 14.0. The normalized spacial score (nSPS) is 13.7. The van der Waals surface area contributed by atoms with E-state index in [1.807, 2.05) is 36.1 Å². The monoisotopic (exact) mass is 398 g/mol. The zero-order valence-electron chi connectivity index (χ0n) is 16.7. The minimum Gasteiger partial charge on any atom is -0.478 e. The third kappa shape index (κ3) is 5.81. The van der Waals surface area contributed by atoms with Crippen molar-refractivity contribution in [3.05, 3.63) is 42.1 Å². The summed E-state index contributed by atoms with van der Waals surface area (Å²) in [6.45, 7) is 6.88. The van der Waals surface area contributed by atoms with Gasteiger partial charge in [0.15, 0.2) is 0 Å². The van der Waals surface area contributed by atoms with E-state index >= 15 is 0 Å². The molecule has 2 heterocycles. The van der Waals surface area contributed by atoms with E-state index in [4.69, 9.17) is 4.74 Å². The van der Waals surface area contributed by atoms with E-state index in [0.717, 1.165) is 11.3 Å². The summed E-state index contributed by atoms with van der Waals surface area (Å²) >= 11 is 0. The lowest BCUT2D eigenvalue weighted by Gasteiger charge is -2.34. The van der Waals surface area contributed by atoms with E-state index in [1.165, 1.54) is 6.92 Å². The molecule has 1 aromatic heterocycles. The highest BCUT2D eigenvalue weighted by atomic mass is 16.5. The van der Waals surface area contributed by atoms with Crippen molar-refractivity contribution >= 4 is 23.6 Å². The zero-order chi connectivity index (χ0) is 20.6. The van der Waals surface area contributed by atoms with Crippen molar-refractivity contribution in [2.45, 2.75) is 20.4 Å². The molecule has 0 aliphatic carbocycles. The smallest absolute Gasteiger partial charge is 0.321 e. The summed E-state index contributed by atoms with van der Waals surface area (Å²) in [5, 5.41) is 5.66. The van der Waals surface area contributed by atoms with Crippen molar-refractivity contribution in [2.24, 2.45) is 0 Å². The minimum absolute atomic E-state index is 0.0727. The van der Waals surface area contributed by atoms with Crippen LogP contribution in [0.1, 0.15) is 19.4 Å². The molecule has 0 saturated carbocycles. The molecular weight excluding hydrogens is 372 g/mol. The second-order valence-electron chi connectivity index (χ2n) is 6.64. The Morgan fingerprint density at radius 3 is 2.48 bits per heavy atom. The van der Waals surface area contributed by atoms with Gasteiger partial charge in [-0.05, 0) is 24.6 Å². The highest BCUT2D eigenvalue weighted by Gasteiger charge is 2.23. The summed E-state index contributed by atoms with van der Waals surface area (Å²) in [5.41, 5.74) is 1.69. The summed E-state index contributed by atoms with van der Waals surface area (Å²) in [7, 11) is 0. The first kappa shape index (κ1) is 20.4. The topological polar surface area (TPSA) is 99.7 Å². The van der Waals surface area contributed by atoms with Crippen molar-refractivity contribution in [3.8, 4) is 5.88 Å². The molecule has 9 nitrogen and oxygen atoms in total. The van der Waals surface area contributed by atoms with Gasteiger partial charge in [-0.3, -0.25) is 4.79 Å². The van der Waals surface area contributed by atoms with Gasteiger partial charge in [-0.2, -0.15) is 4.98 Å². The molecule has 9 heteroatoms. The largest absolute Gasteiger partial charge is 0.478 e. The number of hydrogen-bond acceptors (Lipinski definition) is 6. The van der Waals surface area contributed by atoms with Gasteiger partial charge in [0.05, 0.1) is 6.61 Å². The number of piperazine rings is 1. The first-order valence-corrected chi connectivity index (χ1v) is 9.65. The third-order valence-electron chi connectivity index (χ3n) is 4.51. The summed E-state index contributed by atoms with van der Waals surface area (Å²) in [5.74, 6) is 1.10. The standard InChI is InChI=1S/C20H26N6O3/c1-3-29-18-8-9-21-19(24-18)25-10-12-26(13-11-25)20(28)23-17-6-4-16(5-7-17)14-22-15(2)27/h4-9H,3,10-14H2,1-2H3,(H,22,27)(H,23,28). The van der Waals surface area contributed by atoms with E-state index in [1.54, 1.807) is 17.2 Å². The van der Waals surface area contributed by atoms with Crippen LogP contribution < -0.4 is 20.3 Å². The Morgan fingerprint density at radius 2 is 1.83 bits per heavy atom. The number of carbonyl (C=O) groups excluding carboxylic acids is 2. The van der Waals surface area contributed by atoms with Gasteiger partial charge >= 0.3 is 6.03 Å². The van der Waals surface area contributed by atoms with Gasteiger partial charge in [0.2, 0.25) is 17.7 Å². The van der Waals surface area contributed by atoms with E-state index in [9.17, 15) is 9.59 Å². The average Bonchev–Trinajstić information content (AvgIpc) is 2.74. The van der Waals surface area contributed by atoms with E-state index < -0.39 is 0 Å². The number of amides is 3. The maximum atomic E-state index is 12.5. The quantitative estimate of drug-likeness (QED) is 0.771. The lowest BCUT2D eigenvalue weighted by molar-refractivity contribution is -0.119. The van der Waals surface area contributed by atoms with Crippen molar-refractivity contribution in [1.82, 2.24) is 20.2 Å². The number of hydrogen-bond donors (Lipinski definition) is 2. The maximum Gasteiger partial charge on any atom is 0.321 e. The number of aromatic nitrogens is 2. The fourth-order valence-electron chi connectivity index (χ4n) is 2.96. The Hall–Kier alpha value is -3.36. The second kappa shape index (κ2) is 9.72. The molecule has 29 heavy (non-hydrogen) atoms. The molecule has 0 spiro atoms. The molecule has 3 rings (SSSR count). The molecule has 0 unspecified atom stereocenters. The Balaban J connectivity index is 1.50. The van der Waals surface area contributed by atoms with E-state index in [2.05, 4.69) is 20.6 Å². The number of nitrogens with zero attached hydrogens (tertiary/aromatic N) is 4. The number of urea groups is 1. The Morgan fingerprint density at radius 1 is 1.10 bits per heavy atom. The van der Waals surface area contributed by atoms with Crippen LogP contribution >= 0.6 is 0 Å². The van der Waals surface area contributed by atoms with Crippen LogP contribution in [0.15, 0.2) is 36.5 Å². The van der Waals surface area contributed by atoms with E-state index in [0.29, 0.717) is 51.2 Å². The minimum atomic E-state index is -0.136. The van der Waals surface area contributed by atoms with Gasteiger partial charge in [0.25, 0.3) is 0 Å². The summed E-state index contributed by atoms with van der Waals surface area (Å²) in [4.78, 5) is 36.0. The molecule has 0 atom stereocenters. The molecule has 1 aliphatic heterocycles. The molecule has 2 N–H and O–H groups in total. The van der Waals surface area contributed by atoms with Crippen molar-refractivity contribution in [1.29, 1.82) is 0 Å². The fraction of sp³-hybridized carbons (Fsp3) is 0.400. The average molecular weight is 398 g/mol. The Kier molecular flexibility index (Phi) is 6.83. The Labute approximate surface area is 170 Å². The molecule has 0 radical (unpaired) electrons. The molecule has 3 amide bonds. The SMILES string of the molecule is CCOc1ccnc(N2CCN(C(=O)Nc3ccc(CNC(C)=O)cc3)CC2)n1. The van der Waals surface area contributed by atoms with E-state index in [-0.39, 0.29) is 11.9 Å². The zero-order valence-corrected chi connectivity index (χ0v) is 16.7. The molecule has 0 bridgehead atoms. The Bertz CT molecular complexity index is 834. The van der Waals surface area contributed by atoms with Crippen LogP contribution in [0.3, 0.4) is 0 Å².